The van der Waals surface area contributed by atoms with Crippen molar-refractivity contribution in [3.05, 3.63) is 70.2 Å². The fourth-order valence-corrected chi connectivity index (χ4v) is 3.02. The second-order valence-corrected chi connectivity index (χ2v) is 6.83. The van der Waals surface area contributed by atoms with E-state index in [0.29, 0.717) is 15.0 Å². The van der Waals surface area contributed by atoms with E-state index in [2.05, 4.69) is 21.0 Å². The molecule has 0 bridgehead atoms. The average molecular weight is 427 g/mol. The van der Waals surface area contributed by atoms with Crippen molar-refractivity contribution in [2.75, 3.05) is 0 Å². The lowest BCUT2D eigenvalue weighted by atomic mass is 9.96. The Kier molecular flexibility index (Phi) is 4.90. The Morgan fingerprint density at radius 1 is 1.15 bits per heavy atom. The molecule has 1 heterocycles. The van der Waals surface area contributed by atoms with Gasteiger partial charge in [-0.25, -0.2) is 0 Å². The van der Waals surface area contributed by atoms with Gasteiger partial charge in [0.25, 0.3) is 0 Å². The van der Waals surface area contributed by atoms with E-state index in [1.165, 1.54) is 12.1 Å². The number of aliphatic hydroxyl groups is 1. The minimum absolute atomic E-state index is 0.158. The molecule has 0 aromatic heterocycles. The zero-order chi connectivity index (χ0) is 18.9. The van der Waals surface area contributed by atoms with Crippen molar-refractivity contribution in [3.8, 4) is 0 Å². The lowest BCUT2D eigenvalue weighted by Crippen LogP contribution is -2.44. The van der Waals surface area contributed by atoms with Crippen LogP contribution in [0.3, 0.4) is 0 Å². The van der Waals surface area contributed by atoms with Crippen LogP contribution in [0.2, 0.25) is 0 Å². The molecule has 0 aliphatic carbocycles. The highest BCUT2D eigenvalue weighted by atomic mass is 79.9. The molecule has 1 atom stereocenters. The van der Waals surface area contributed by atoms with Crippen LogP contribution >= 0.6 is 15.9 Å². The van der Waals surface area contributed by atoms with Crippen LogP contribution in [0, 0.1) is 0 Å². The lowest BCUT2D eigenvalue weighted by molar-refractivity contribution is -0.157. The molecule has 1 amide bonds. The molecule has 0 saturated heterocycles. The van der Waals surface area contributed by atoms with Gasteiger partial charge in [-0.3, -0.25) is 4.79 Å². The van der Waals surface area contributed by atoms with Crippen LogP contribution in [0.1, 0.15) is 17.5 Å². The Bertz CT molecular complexity index is 838. The maximum atomic E-state index is 13.2. The highest BCUT2D eigenvalue weighted by molar-refractivity contribution is 9.10. The van der Waals surface area contributed by atoms with Gasteiger partial charge in [0.1, 0.15) is 5.71 Å². The first kappa shape index (κ1) is 18.6. The molecule has 2 aromatic rings. The number of nitrogens with zero attached hydrogens (tertiary/aromatic N) is 2. The third-order valence-electron chi connectivity index (χ3n) is 4.05. The van der Waals surface area contributed by atoms with Gasteiger partial charge in [0.05, 0.1) is 12.8 Å². The molecule has 0 radical (unpaired) electrons. The quantitative estimate of drug-likeness (QED) is 0.806. The first-order chi connectivity index (χ1) is 12.2. The Morgan fingerprint density at radius 3 is 2.35 bits per heavy atom. The van der Waals surface area contributed by atoms with Crippen molar-refractivity contribution in [1.82, 2.24) is 5.01 Å². The Morgan fingerprint density at radius 2 is 1.77 bits per heavy atom. The number of amides is 1. The summed E-state index contributed by atoms with van der Waals surface area (Å²) in [6.45, 7) is 0. The number of hydrogen-bond donors (Lipinski definition) is 1. The molecule has 8 heteroatoms. The first-order valence-electron chi connectivity index (χ1n) is 7.70. The van der Waals surface area contributed by atoms with Crippen molar-refractivity contribution in [1.29, 1.82) is 0 Å². The number of carbonyl (C=O) groups excluding carboxylic acids is 1. The number of benzene rings is 2. The van der Waals surface area contributed by atoms with Gasteiger partial charge < -0.3 is 5.11 Å². The molecule has 1 aliphatic rings. The number of alkyl halides is 3. The summed E-state index contributed by atoms with van der Waals surface area (Å²) in [5.74, 6) is -0.721. The summed E-state index contributed by atoms with van der Waals surface area (Å²) >= 11 is 3.23. The van der Waals surface area contributed by atoms with Crippen molar-refractivity contribution in [3.63, 3.8) is 0 Å². The number of hydrazone groups is 1. The number of hydrogen-bond acceptors (Lipinski definition) is 3. The van der Waals surface area contributed by atoms with E-state index >= 15 is 0 Å². The Labute approximate surface area is 156 Å². The molecule has 1 N–H and O–H groups in total. The third kappa shape index (κ3) is 3.66. The minimum Gasteiger partial charge on any atom is -0.365 e. The molecule has 0 spiro atoms. The van der Waals surface area contributed by atoms with Crippen molar-refractivity contribution < 1.29 is 23.1 Å². The number of carbonyl (C=O) groups is 1. The average Bonchev–Trinajstić information content (AvgIpc) is 2.95. The molecule has 1 unspecified atom stereocenters. The molecule has 0 saturated carbocycles. The zero-order valence-electron chi connectivity index (χ0n) is 13.4. The number of halogens is 4. The van der Waals surface area contributed by atoms with Gasteiger partial charge in [-0.1, -0.05) is 58.4 Å². The topological polar surface area (TPSA) is 52.9 Å². The predicted molar refractivity (Wildman–Crippen MR) is 93.1 cm³/mol. The number of rotatable bonds is 3. The fraction of sp³-hybridized carbons (Fsp3) is 0.222. The monoisotopic (exact) mass is 426 g/mol. The summed E-state index contributed by atoms with van der Waals surface area (Å²) in [6.07, 6.45) is -5.72. The van der Waals surface area contributed by atoms with Crippen LogP contribution < -0.4 is 0 Å². The van der Waals surface area contributed by atoms with Gasteiger partial charge in [-0.05, 0) is 17.7 Å². The normalized spacial score (nSPS) is 20.2. The van der Waals surface area contributed by atoms with Gasteiger partial charge in [0.15, 0.2) is 5.72 Å². The molecule has 4 nitrogen and oxygen atoms in total. The minimum atomic E-state index is -4.73. The highest BCUT2D eigenvalue weighted by Gasteiger charge is 2.52. The Hall–Kier alpha value is -2.19. The van der Waals surface area contributed by atoms with E-state index in [9.17, 15) is 23.1 Å². The summed E-state index contributed by atoms with van der Waals surface area (Å²) in [4.78, 5) is 12.6. The van der Waals surface area contributed by atoms with Gasteiger partial charge in [-0.2, -0.15) is 23.3 Å². The van der Waals surface area contributed by atoms with E-state index < -0.39 is 29.9 Å². The van der Waals surface area contributed by atoms with Crippen molar-refractivity contribution >= 4 is 27.5 Å². The van der Waals surface area contributed by atoms with Crippen LogP contribution in [-0.4, -0.2) is 27.9 Å². The van der Waals surface area contributed by atoms with Crippen molar-refractivity contribution in [2.24, 2.45) is 5.10 Å². The third-order valence-corrected chi connectivity index (χ3v) is 4.58. The second kappa shape index (κ2) is 6.85. The van der Waals surface area contributed by atoms with Crippen LogP contribution in [-0.2, 0) is 16.9 Å². The summed E-state index contributed by atoms with van der Waals surface area (Å²) in [5, 5.41) is 14.9. The predicted octanol–water partition coefficient (Wildman–Crippen LogP) is 3.99. The maximum absolute atomic E-state index is 13.2. The first-order valence-corrected chi connectivity index (χ1v) is 8.49. The largest absolute Gasteiger partial charge is 0.431 e. The van der Waals surface area contributed by atoms with Gasteiger partial charge in [0.2, 0.25) is 5.91 Å². The molecule has 0 fully saturated rings. The van der Waals surface area contributed by atoms with Gasteiger partial charge in [-0.15, -0.1) is 0 Å². The van der Waals surface area contributed by atoms with E-state index in [-0.39, 0.29) is 12.0 Å². The second-order valence-electron chi connectivity index (χ2n) is 5.91. The van der Waals surface area contributed by atoms with Crippen LogP contribution in [0.15, 0.2) is 64.2 Å². The molecular weight excluding hydrogens is 413 g/mol. The zero-order valence-corrected chi connectivity index (χ0v) is 15.0. The van der Waals surface area contributed by atoms with Crippen LogP contribution in [0.25, 0.3) is 0 Å². The van der Waals surface area contributed by atoms with Gasteiger partial charge in [0, 0.05) is 10.0 Å². The van der Waals surface area contributed by atoms with E-state index in [0.717, 1.165) is 0 Å². The molecule has 136 valence electrons. The molecule has 1 aliphatic heterocycles. The lowest BCUT2D eigenvalue weighted by Gasteiger charge is -2.31. The fourth-order valence-electron chi connectivity index (χ4n) is 2.75. The van der Waals surface area contributed by atoms with E-state index in [4.69, 9.17) is 0 Å². The van der Waals surface area contributed by atoms with Gasteiger partial charge >= 0.3 is 6.18 Å². The molecule has 26 heavy (non-hydrogen) atoms. The van der Waals surface area contributed by atoms with Crippen LogP contribution in [0.4, 0.5) is 13.2 Å². The standard InChI is InChI=1S/C18H14BrF3N2O2/c19-14-8-6-13(7-9-14)17(26)11-15(18(20,21)22)23-24(17)16(25)10-12-4-2-1-3-5-12/h1-9,26H,10-11H2. The summed E-state index contributed by atoms with van der Waals surface area (Å²) in [6, 6.07) is 14.7. The smallest absolute Gasteiger partial charge is 0.365 e. The molecular formula is C18H14BrF3N2O2. The SMILES string of the molecule is O=C(Cc1ccccc1)N1N=C(C(F)(F)F)CC1(O)c1ccc(Br)cc1. The summed E-state index contributed by atoms with van der Waals surface area (Å²) < 4.78 is 40.2. The van der Waals surface area contributed by atoms with Crippen molar-refractivity contribution in [2.45, 2.75) is 24.7 Å². The van der Waals surface area contributed by atoms with E-state index in [1.807, 2.05) is 0 Å². The summed E-state index contributed by atoms with van der Waals surface area (Å²) in [5.41, 5.74) is -2.60. The highest BCUT2D eigenvalue weighted by Crippen LogP contribution is 2.40. The molecule has 2 aromatic carbocycles. The maximum Gasteiger partial charge on any atom is 0.431 e. The van der Waals surface area contributed by atoms with Crippen LogP contribution in [0.5, 0.6) is 0 Å². The van der Waals surface area contributed by atoms with E-state index in [1.54, 1.807) is 42.5 Å². The molecule has 3 rings (SSSR count). The summed E-state index contributed by atoms with van der Waals surface area (Å²) in [7, 11) is 0. The Balaban J connectivity index is 1.97.